The molecule has 0 saturated carbocycles. The first-order chi connectivity index (χ1) is 13.5. The van der Waals surface area contributed by atoms with Crippen LogP contribution in [0.5, 0.6) is 0 Å². The summed E-state index contributed by atoms with van der Waals surface area (Å²) in [4.78, 5) is 26.9. The second-order valence-electron chi connectivity index (χ2n) is 7.66. The van der Waals surface area contributed by atoms with E-state index in [1.807, 2.05) is 48.5 Å². The maximum absolute atomic E-state index is 13.0. The summed E-state index contributed by atoms with van der Waals surface area (Å²) in [7, 11) is 3.48. The van der Waals surface area contributed by atoms with Crippen LogP contribution in [0.3, 0.4) is 0 Å². The molecular formula is C23H29N3O2. The first-order valence-corrected chi connectivity index (χ1v) is 9.85. The molecule has 0 spiro atoms. The van der Waals surface area contributed by atoms with E-state index in [1.54, 1.807) is 19.0 Å². The molecule has 148 valence electrons. The predicted molar refractivity (Wildman–Crippen MR) is 111 cm³/mol. The maximum Gasteiger partial charge on any atom is 0.224 e. The van der Waals surface area contributed by atoms with Crippen LogP contribution in [0, 0.1) is 5.92 Å². The summed E-state index contributed by atoms with van der Waals surface area (Å²) in [5.74, 6) is 0.218. The average Bonchev–Trinajstić information content (AvgIpc) is 2.74. The summed E-state index contributed by atoms with van der Waals surface area (Å²) < 4.78 is 0. The molecule has 3 atom stereocenters. The standard InChI is InChI=1S/C23H29N3O2/c1-26(2)22(27)14-21(18-11-7-4-8-12-18)25-23(28)20-13-19(15-24-16-20)17-9-5-3-6-10-17/h3-12,19-21,24H,13-16H2,1-2H3,(H,25,28)/t19-,20+,21?/m1/s1. The van der Waals surface area contributed by atoms with Gasteiger partial charge in [-0.1, -0.05) is 60.7 Å². The van der Waals surface area contributed by atoms with Crippen LogP contribution in [0.1, 0.15) is 35.9 Å². The van der Waals surface area contributed by atoms with Crippen molar-refractivity contribution in [3.8, 4) is 0 Å². The van der Waals surface area contributed by atoms with E-state index in [0.717, 1.165) is 18.5 Å². The van der Waals surface area contributed by atoms with Crippen LogP contribution in [-0.2, 0) is 9.59 Å². The molecule has 0 aromatic heterocycles. The third-order valence-corrected chi connectivity index (χ3v) is 5.39. The molecular weight excluding hydrogens is 350 g/mol. The number of amides is 2. The number of piperidine rings is 1. The Morgan fingerprint density at radius 1 is 1.04 bits per heavy atom. The van der Waals surface area contributed by atoms with E-state index in [9.17, 15) is 9.59 Å². The number of nitrogens with one attached hydrogen (secondary N) is 2. The quantitative estimate of drug-likeness (QED) is 0.811. The monoisotopic (exact) mass is 379 g/mol. The molecule has 3 rings (SSSR count). The first-order valence-electron chi connectivity index (χ1n) is 9.85. The van der Waals surface area contributed by atoms with Crippen molar-refractivity contribution in [3.05, 3.63) is 71.8 Å². The van der Waals surface area contributed by atoms with E-state index in [-0.39, 0.29) is 30.2 Å². The van der Waals surface area contributed by atoms with Crippen molar-refractivity contribution in [1.29, 1.82) is 0 Å². The molecule has 1 saturated heterocycles. The van der Waals surface area contributed by atoms with Gasteiger partial charge in [0.15, 0.2) is 0 Å². The fourth-order valence-corrected chi connectivity index (χ4v) is 3.71. The van der Waals surface area contributed by atoms with Gasteiger partial charge in [-0.2, -0.15) is 0 Å². The number of rotatable bonds is 6. The van der Waals surface area contributed by atoms with Crippen LogP contribution in [-0.4, -0.2) is 43.9 Å². The zero-order valence-electron chi connectivity index (χ0n) is 16.6. The zero-order valence-corrected chi connectivity index (χ0v) is 16.6. The average molecular weight is 380 g/mol. The fraction of sp³-hybridized carbons (Fsp3) is 0.391. The van der Waals surface area contributed by atoms with Gasteiger partial charge >= 0.3 is 0 Å². The summed E-state index contributed by atoms with van der Waals surface area (Å²) in [6, 6.07) is 19.7. The SMILES string of the molecule is CN(C)C(=O)CC(NC(=O)[C@@H]1CNC[C@H](c2ccccc2)C1)c1ccccc1. The highest BCUT2D eigenvalue weighted by Crippen LogP contribution is 2.27. The fourth-order valence-electron chi connectivity index (χ4n) is 3.71. The number of nitrogens with zero attached hydrogens (tertiary/aromatic N) is 1. The van der Waals surface area contributed by atoms with Crippen LogP contribution in [0.25, 0.3) is 0 Å². The minimum Gasteiger partial charge on any atom is -0.349 e. The van der Waals surface area contributed by atoms with Gasteiger partial charge in [-0.15, -0.1) is 0 Å². The van der Waals surface area contributed by atoms with Gasteiger partial charge in [0.05, 0.1) is 18.4 Å². The van der Waals surface area contributed by atoms with Crippen molar-refractivity contribution >= 4 is 11.8 Å². The minimum atomic E-state index is -0.319. The normalized spacial score (nSPS) is 20.2. The number of carbonyl (C=O) groups is 2. The summed E-state index contributed by atoms with van der Waals surface area (Å²) in [6.45, 7) is 1.55. The van der Waals surface area contributed by atoms with E-state index in [0.29, 0.717) is 12.5 Å². The number of carbonyl (C=O) groups excluding carboxylic acids is 2. The summed E-state index contributed by atoms with van der Waals surface area (Å²) in [5.41, 5.74) is 2.21. The maximum atomic E-state index is 13.0. The van der Waals surface area contributed by atoms with Gasteiger partial charge in [-0.3, -0.25) is 9.59 Å². The summed E-state index contributed by atoms with van der Waals surface area (Å²) in [6.07, 6.45) is 1.07. The van der Waals surface area contributed by atoms with Gasteiger partial charge in [0.25, 0.3) is 0 Å². The lowest BCUT2D eigenvalue weighted by molar-refractivity contribution is -0.130. The van der Waals surface area contributed by atoms with Gasteiger partial charge in [-0.25, -0.2) is 0 Å². The van der Waals surface area contributed by atoms with Crippen LogP contribution in [0.4, 0.5) is 0 Å². The Balaban J connectivity index is 1.69. The van der Waals surface area contributed by atoms with E-state index >= 15 is 0 Å². The molecule has 1 unspecified atom stereocenters. The smallest absolute Gasteiger partial charge is 0.224 e. The minimum absolute atomic E-state index is 0.00177. The van der Waals surface area contributed by atoms with E-state index in [2.05, 4.69) is 22.8 Å². The molecule has 0 bridgehead atoms. The second kappa shape index (κ2) is 9.51. The van der Waals surface area contributed by atoms with Crippen LogP contribution in [0.2, 0.25) is 0 Å². The summed E-state index contributed by atoms with van der Waals surface area (Å²) in [5, 5.41) is 6.53. The highest BCUT2D eigenvalue weighted by atomic mass is 16.2. The van der Waals surface area contributed by atoms with Crippen molar-refractivity contribution in [1.82, 2.24) is 15.5 Å². The van der Waals surface area contributed by atoms with Crippen LogP contribution in [0.15, 0.2) is 60.7 Å². The molecule has 1 heterocycles. The number of hydrogen-bond acceptors (Lipinski definition) is 3. The Hall–Kier alpha value is -2.66. The van der Waals surface area contributed by atoms with Gasteiger partial charge in [0.1, 0.15) is 0 Å². The first kappa shape index (κ1) is 20.1. The van der Waals surface area contributed by atoms with Crippen molar-refractivity contribution in [2.75, 3.05) is 27.2 Å². The molecule has 1 aliphatic rings. The third kappa shape index (κ3) is 5.20. The van der Waals surface area contributed by atoms with Gasteiger partial charge in [-0.05, 0) is 23.5 Å². The van der Waals surface area contributed by atoms with Crippen molar-refractivity contribution in [2.45, 2.75) is 24.8 Å². The Morgan fingerprint density at radius 3 is 2.32 bits per heavy atom. The molecule has 2 aromatic carbocycles. The number of benzene rings is 2. The van der Waals surface area contributed by atoms with Gasteiger partial charge < -0.3 is 15.5 Å². The van der Waals surface area contributed by atoms with Gasteiger partial charge in [0.2, 0.25) is 11.8 Å². The molecule has 1 aliphatic heterocycles. The van der Waals surface area contributed by atoms with Crippen molar-refractivity contribution in [3.63, 3.8) is 0 Å². The molecule has 2 amide bonds. The van der Waals surface area contributed by atoms with E-state index in [4.69, 9.17) is 0 Å². The Bertz CT molecular complexity index is 777. The zero-order chi connectivity index (χ0) is 19.9. The van der Waals surface area contributed by atoms with Crippen molar-refractivity contribution < 1.29 is 9.59 Å². The molecule has 5 heteroatoms. The summed E-state index contributed by atoms with van der Waals surface area (Å²) >= 11 is 0. The Labute approximate surface area is 167 Å². The lowest BCUT2D eigenvalue weighted by atomic mass is 9.85. The Morgan fingerprint density at radius 2 is 1.68 bits per heavy atom. The molecule has 2 aromatic rings. The molecule has 0 aliphatic carbocycles. The predicted octanol–water partition coefficient (Wildman–Crippen LogP) is 2.72. The molecule has 5 nitrogen and oxygen atoms in total. The highest BCUT2D eigenvalue weighted by Gasteiger charge is 2.30. The molecule has 1 fully saturated rings. The topological polar surface area (TPSA) is 61.4 Å². The largest absolute Gasteiger partial charge is 0.349 e. The Kier molecular flexibility index (Phi) is 6.82. The van der Waals surface area contributed by atoms with Gasteiger partial charge in [0, 0.05) is 27.2 Å². The van der Waals surface area contributed by atoms with Crippen LogP contribution < -0.4 is 10.6 Å². The van der Waals surface area contributed by atoms with E-state index < -0.39 is 0 Å². The molecule has 0 radical (unpaired) electrons. The lowest BCUT2D eigenvalue weighted by Gasteiger charge is -2.31. The van der Waals surface area contributed by atoms with Crippen molar-refractivity contribution in [2.24, 2.45) is 5.92 Å². The van der Waals surface area contributed by atoms with Crippen LogP contribution >= 0.6 is 0 Å². The lowest BCUT2D eigenvalue weighted by Crippen LogP contribution is -2.44. The molecule has 2 N–H and O–H groups in total. The third-order valence-electron chi connectivity index (χ3n) is 5.39. The number of hydrogen-bond donors (Lipinski definition) is 2. The second-order valence-corrected chi connectivity index (χ2v) is 7.66. The van der Waals surface area contributed by atoms with E-state index in [1.165, 1.54) is 5.56 Å². The highest BCUT2D eigenvalue weighted by molar-refractivity contribution is 5.81. The molecule has 28 heavy (non-hydrogen) atoms.